The van der Waals surface area contributed by atoms with Crippen molar-refractivity contribution in [1.29, 1.82) is 0 Å². The van der Waals surface area contributed by atoms with Crippen LogP contribution in [0.2, 0.25) is 0 Å². The van der Waals surface area contributed by atoms with Crippen molar-refractivity contribution in [3.63, 3.8) is 0 Å². The highest BCUT2D eigenvalue weighted by atomic mass is 32.1. The van der Waals surface area contributed by atoms with E-state index in [0.717, 1.165) is 11.5 Å². The Labute approximate surface area is 73.5 Å². The predicted octanol–water partition coefficient (Wildman–Crippen LogP) is -0.521. The molecule has 0 saturated heterocycles. The van der Waals surface area contributed by atoms with E-state index in [0.29, 0.717) is 5.13 Å². The molecular formula is C5H9N5OS. The molecule has 0 spiro atoms. The molecule has 1 atom stereocenters. The van der Waals surface area contributed by atoms with E-state index in [1.807, 2.05) is 0 Å². The number of anilines is 1. The lowest BCUT2D eigenvalue weighted by Crippen LogP contribution is -2.35. The Morgan fingerprint density at radius 1 is 1.67 bits per heavy atom. The average Bonchev–Trinajstić information content (AvgIpc) is 2.55. The van der Waals surface area contributed by atoms with Crippen molar-refractivity contribution < 1.29 is 4.79 Å². The predicted molar refractivity (Wildman–Crippen MR) is 44.9 cm³/mol. The first-order chi connectivity index (χ1) is 5.74. The lowest BCUT2D eigenvalue weighted by molar-refractivity contribution is -0.117. The molecule has 1 heterocycles. The molecule has 66 valence electrons. The third-order valence-corrected chi connectivity index (χ3v) is 1.87. The number of carbonyl (C=O) groups excluding carboxylic acids is 1. The summed E-state index contributed by atoms with van der Waals surface area (Å²) in [6, 6.07) is -0.242. The molecule has 0 fully saturated rings. The van der Waals surface area contributed by atoms with Crippen LogP contribution < -0.4 is 10.6 Å². The Balaban J connectivity index is 2.47. The summed E-state index contributed by atoms with van der Waals surface area (Å²) in [5.41, 5.74) is 0. The molecule has 0 saturated carbocycles. The van der Waals surface area contributed by atoms with Crippen molar-refractivity contribution in [1.82, 2.24) is 20.1 Å². The number of amides is 1. The summed E-state index contributed by atoms with van der Waals surface area (Å²) in [6.07, 6.45) is 0. The van der Waals surface area contributed by atoms with Crippen LogP contribution in [0.25, 0.3) is 0 Å². The highest BCUT2D eigenvalue weighted by molar-refractivity contribution is 7.09. The van der Waals surface area contributed by atoms with Gasteiger partial charge in [-0.1, -0.05) is 9.59 Å². The summed E-state index contributed by atoms with van der Waals surface area (Å²) in [5, 5.41) is 12.7. The van der Waals surface area contributed by atoms with Gasteiger partial charge in [-0.25, -0.2) is 0 Å². The van der Waals surface area contributed by atoms with E-state index >= 15 is 0 Å². The number of nitrogens with zero attached hydrogens (tertiary/aromatic N) is 3. The van der Waals surface area contributed by atoms with Gasteiger partial charge in [0.1, 0.15) is 0 Å². The van der Waals surface area contributed by atoms with Crippen molar-refractivity contribution >= 4 is 22.6 Å². The SMILES string of the molecule is CNC(C)C(=O)Nc1nnns1. The van der Waals surface area contributed by atoms with Gasteiger partial charge in [0.2, 0.25) is 11.0 Å². The van der Waals surface area contributed by atoms with Gasteiger partial charge in [-0.2, -0.15) is 0 Å². The fraction of sp³-hybridized carbons (Fsp3) is 0.600. The van der Waals surface area contributed by atoms with E-state index in [1.165, 1.54) is 0 Å². The van der Waals surface area contributed by atoms with Crippen LogP contribution in [0.15, 0.2) is 0 Å². The Bertz CT molecular complexity index is 248. The van der Waals surface area contributed by atoms with Gasteiger partial charge >= 0.3 is 0 Å². The molecule has 1 amide bonds. The number of carbonyl (C=O) groups is 1. The van der Waals surface area contributed by atoms with Crippen molar-refractivity contribution in [2.45, 2.75) is 13.0 Å². The first-order valence-electron chi connectivity index (χ1n) is 3.37. The van der Waals surface area contributed by atoms with Crippen LogP contribution in [-0.2, 0) is 4.79 Å². The minimum absolute atomic E-state index is 0.143. The largest absolute Gasteiger partial charge is 0.309 e. The van der Waals surface area contributed by atoms with Crippen LogP contribution in [0.4, 0.5) is 5.13 Å². The standard InChI is InChI=1S/C5H9N5OS/c1-3(6-2)4(11)7-5-8-9-10-12-5/h3,6H,1-2H3,(H,7,8,10,11). The maximum absolute atomic E-state index is 11.2. The molecule has 0 radical (unpaired) electrons. The van der Waals surface area contributed by atoms with Crippen molar-refractivity contribution in [2.75, 3.05) is 12.4 Å². The maximum atomic E-state index is 11.2. The highest BCUT2D eigenvalue weighted by Crippen LogP contribution is 2.04. The van der Waals surface area contributed by atoms with Crippen LogP contribution in [0.5, 0.6) is 0 Å². The van der Waals surface area contributed by atoms with Crippen LogP contribution >= 0.6 is 11.5 Å². The maximum Gasteiger partial charge on any atom is 0.243 e. The first kappa shape index (κ1) is 9.01. The Morgan fingerprint density at radius 2 is 2.42 bits per heavy atom. The lowest BCUT2D eigenvalue weighted by Gasteiger charge is -2.07. The molecule has 0 aromatic carbocycles. The quantitative estimate of drug-likeness (QED) is 0.665. The van der Waals surface area contributed by atoms with E-state index in [1.54, 1.807) is 14.0 Å². The number of aromatic nitrogens is 3. The first-order valence-corrected chi connectivity index (χ1v) is 4.14. The molecule has 1 aromatic rings. The second-order valence-corrected chi connectivity index (χ2v) is 2.90. The zero-order chi connectivity index (χ0) is 8.97. The number of hydrogen-bond donors (Lipinski definition) is 2. The number of rotatable bonds is 3. The topological polar surface area (TPSA) is 79.8 Å². The lowest BCUT2D eigenvalue weighted by atomic mass is 10.3. The van der Waals surface area contributed by atoms with Gasteiger partial charge in [0, 0.05) is 11.5 Å². The van der Waals surface area contributed by atoms with E-state index in [-0.39, 0.29) is 11.9 Å². The summed E-state index contributed by atoms with van der Waals surface area (Å²) in [4.78, 5) is 11.2. The molecule has 12 heavy (non-hydrogen) atoms. The molecule has 1 rings (SSSR count). The van der Waals surface area contributed by atoms with Gasteiger partial charge < -0.3 is 5.32 Å². The molecular weight excluding hydrogens is 178 g/mol. The van der Waals surface area contributed by atoms with Crippen molar-refractivity contribution in [3.05, 3.63) is 0 Å². The summed E-state index contributed by atoms with van der Waals surface area (Å²) in [5.74, 6) is -0.143. The van der Waals surface area contributed by atoms with E-state index in [2.05, 4.69) is 25.4 Å². The summed E-state index contributed by atoms with van der Waals surface area (Å²) >= 11 is 1.05. The number of nitrogens with one attached hydrogen (secondary N) is 2. The van der Waals surface area contributed by atoms with Crippen molar-refractivity contribution in [3.8, 4) is 0 Å². The second-order valence-electron chi connectivity index (χ2n) is 2.17. The van der Waals surface area contributed by atoms with Crippen LogP contribution in [0.3, 0.4) is 0 Å². The average molecular weight is 187 g/mol. The number of hydrogen-bond acceptors (Lipinski definition) is 6. The molecule has 1 unspecified atom stereocenters. The molecule has 6 nitrogen and oxygen atoms in total. The smallest absolute Gasteiger partial charge is 0.243 e. The van der Waals surface area contributed by atoms with Gasteiger partial charge in [-0.05, 0) is 19.2 Å². The van der Waals surface area contributed by atoms with Gasteiger partial charge in [-0.15, -0.1) is 0 Å². The fourth-order valence-corrected chi connectivity index (χ4v) is 0.896. The number of likely N-dealkylation sites (N-methyl/N-ethyl adjacent to an activating group) is 1. The van der Waals surface area contributed by atoms with Crippen LogP contribution in [0, 0.1) is 0 Å². The van der Waals surface area contributed by atoms with Crippen molar-refractivity contribution in [2.24, 2.45) is 0 Å². The Hall–Kier alpha value is -1.08. The highest BCUT2D eigenvalue weighted by Gasteiger charge is 2.11. The van der Waals surface area contributed by atoms with Gasteiger partial charge in [0.25, 0.3) is 0 Å². The van der Waals surface area contributed by atoms with Gasteiger partial charge in [0.05, 0.1) is 6.04 Å². The molecule has 2 N–H and O–H groups in total. The van der Waals surface area contributed by atoms with Crippen LogP contribution in [-0.4, -0.2) is 33.8 Å². The van der Waals surface area contributed by atoms with Gasteiger partial charge in [-0.3, -0.25) is 10.1 Å². The molecule has 0 aliphatic rings. The minimum atomic E-state index is -0.242. The molecule has 0 aliphatic heterocycles. The Morgan fingerprint density at radius 3 is 2.92 bits per heavy atom. The van der Waals surface area contributed by atoms with E-state index in [4.69, 9.17) is 0 Å². The second kappa shape index (κ2) is 4.07. The zero-order valence-electron chi connectivity index (χ0n) is 6.74. The van der Waals surface area contributed by atoms with Gasteiger partial charge in [0.15, 0.2) is 0 Å². The molecule has 7 heteroatoms. The van der Waals surface area contributed by atoms with Crippen LogP contribution in [0.1, 0.15) is 6.92 Å². The fourth-order valence-electron chi connectivity index (χ4n) is 0.527. The summed E-state index contributed by atoms with van der Waals surface area (Å²) in [7, 11) is 1.71. The monoisotopic (exact) mass is 187 g/mol. The van der Waals surface area contributed by atoms with E-state index < -0.39 is 0 Å². The molecule has 1 aromatic heterocycles. The zero-order valence-corrected chi connectivity index (χ0v) is 7.55. The summed E-state index contributed by atoms with van der Waals surface area (Å²) < 4.78 is 3.51. The Kier molecular flexibility index (Phi) is 3.06. The third kappa shape index (κ3) is 2.21. The van der Waals surface area contributed by atoms with E-state index in [9.17, 15) is 4.79 Å². The summed E-state index contributed by atoms with van der Waals surface area (Å²) in [6.45, 7) is 1.75. The molecule has 0 bridgehead atoms. The normalized spacial score (nSPS) is 12.5. The minimum Gasteiger partial charge on any atom is -0.309 e. The third-order valence-electron chi connectivity index (χ3n) is 1.36. The molecule has 0 aliphatic carbocycles.